The van der Waals surface area contributed by atoms with E-state index in [4.69, 9.17) is 9.47 Å². The summed E-state index contributed by atoms with van der Waals surface area (Å²) in [5.41, 5.74) is 2.48. The van der Waals surface area contributed by atoms with Gasteiger partial charge in [-0.3, -0.25) is 0 Å². The Morgan fingerprint density at radius 1 is 1.42 bits per heavy atom. The van der Waals surface area contributed by atoms with Gasteiger partial charge in [0.25, 0.3) is 0 Å². The molecular formula is C16H25NO2. The molecule has 1 saturated heterocycles. The molecule has 0 aromatic heterocycles. The summed E-state index contributed by atoms with van der Waals surface area (Å²) in [4.78, 5) is 0. The topological polar surface area (TPSA) is 30.5 Å². The Morgan fingerprint density at radius 3 is 2.95 bits per heavy atom. The quantitative estimate of drug-likeness (QED) is 0.884. The normalized spacial score (nSPS) is 21.1. The first kappa shape index (κ1) is 14.4. The van der Waals surface area contributed by atoms with Crippen LogP contribution < -0.4 is 10.1 Å². The van der Waals surface area contributed by atoms with E-state index >= 15 is 0 Å². The minimum atomic E-state index is 0.278. The van der Waals surface area contributed by atoms with Crippen LogP contribution in [0.3, 0.4) is 0 Å². The van der Waals surface area contributed by atoms with Crippen molar-refractivity contribution < 1.29 is 9.47 Å². The maximum absolute atomic E-state index is 5.75. The van der Waals surface area contributed by atoms with Gasteiger partial charge < -0.3 is 14.8 Å². The van der Waals surface area contributed by atoms with Crippen LogP contribution in [0, 0.1) is 6.92 Å². The van der Waals surface area contributed by atoms with E-state index in [1.165, 1.54) is 30.4 Å². The fourth-order valence-corrected chi connectivity index (χ4v) is 2.58. The molecule has 1 aliphatic rings. The highest BCUT2D eigenvalue weighted by Crippen LogP contribution is 2.26. The first-order chi connectivity index (χ1) is 9.20. The van der Waals surface area contributed by atoms with E-state index in [2.05, 4.69) is 31.3 Å². The zero-order valence-corrected chi connectivity index (χ0v) is 12.2. The zero-order valence-electron chi connectivity index (χ0n) is 12.2. The Bertz CT molecular complexity index is 400. The summed E-state index contributed by atoms with van der Waals surface area (Å²) in [5, 5.41) is 3.57. The smallest absolute Gasteiger partial charge is 0.123 e. The Hall–Kier alpha value is -1.06. The van der Waals surface area contributed by atoms with Crippen molar-refractivity contribution in [2.24, 2.45) is 0 Å². The van der Waals surface area contributed by atoms with Crippen molar-refractivity contribution in [1.82, 2.24) is 5.32 Å². The van der Waals surface area contributed by atoms with Crippen LogP contribution >= 0.6 is 0 Å². The van der Waals surface area contributed by atoms with Crippen molar-refractivity contribution in [3.63, 3.8) is 0 Å². The van der Waals surface area contributed by atoms with E-state index in [0.717, 1.165) is 18.9 Å². The molecule has 3 heteroatoms. The lowest BCUT2D eigenvalue weighted by Crippen LogP contribution is -2.33. The summed E-state index contributed by atoms with van der Waals surface area (Å²) in [6, 6.07) is 6.60. The standard InChI is InChI=1S/C16H25NO2/c1-12-7-8-16(18-3)15(10-12)13(2)17-11-14-6-4-5-9-19-14/h7-8,10,13-14,17H,4-6,9,11H2,1-3H3. The molecule has 2 rings (SSSR count). The van der Waals surface area contributed by atoms with Crippen molar-refractivity contribution in [3.05, 3.63) is 29.3 Å². The highest BCUT2D eigenvalue weighted by atomic mass is 16.5. The predicted octanol–water partition coefficient (Wildman–Crippen LogP) is 3.22. The largest absolute Gasteiger partial charge is 0.496 e. The van der Waals surface area contributed by atoms with Crippen LogP contribution in [0.4, 0.5) is 0 Å². The van der Waals surface area contributed by atoms with Crippen molar-refractivity contribution in [2.75, 3.05) is 20.3 Å². The molecule has 1 aromatic carbocycles. The van der Waals surface area contributed by atoms with E-state index in [1.807, 2.05) is 6.07 Å². The predicted molar refractivity (Wildman–Crippen MR) is 77.7 cm³/mol. The fraction of sp³-hybridized carbons (Fsp3) is 0.625. The number of benzene rings is 1. The van der Waals surface area contributed by atoms with Gasteiger partial charge in [-0.2, -0.15) is 0 Å². The van der Waals surface area contributed by atoms with Gasteiger partial charge in [0.1, 0.15) is 5.75 Å². The minimum Gasteiger partial charge on any atom is -0.496 e. The molecule has 1 aliphatic heterocycles. The number of aryl methyl sites for hydroxylation is 1. The Morgan fingerprint density at radius 2 is 2.26 bits per heavy atom. The van der Waals surface area contributed by atoms with Gasteiger partial charge in [-0.1, -0.05) is 17.7 Å². The Kier molecular flexibility index (Phi) is 5.23. The molecule has 19 heavy (non-hydrogen) atoms. The second kappa shape index (κ2) is 6.92. The summed E-state index contributed by atoms with van der Waals surface area (Å²) >= 11 is 0. The number of methoxy groups -OCH3 is 1. The van der Waals surface area contributed by atoms with Crippen LogP contribution in [0.5, 0.6) is 5.75 Å². The number of hydrogen-bond acceptors (Lipinski definition) is 3. The van der Waals surface area contributed by atoms with E-state index in [-0.39, 0.29) is 6.04 Å². The van der Waals surface area contributed by atoms with Crippen LogP contribution in [0.1, 0.15) is 43.4 Å². The molecule has 1 heterocycles. The molecule has 1 aromatic rings. The van der Waals surface area contributed by atoms with Gasteiger partial charge in [0.05, 0.1) is 13.2 Å². The summed E-state index contributed by atoms with van der Waals surface area (Å²) in [6.45, 7) is 6.12. The average molecular weight is 263 g/mol. The van der Waals surface area contributed by atoms with Crippen LogP contribution in [0.2, 0.25) is 0 Å². The molecule has 0 bridgehead atoms. The highest BCUT2D eigenvalue weighted by molar-refractivity contribution is 5.38. The second-order valence-corrected chi connectivity index (χ2v) is 5.36. The van der Waals surface area contributed by atoms with Gasteiger partial charge in [-0.15, -0.1) is 0 Å². The summed E-state index contributed by atoms with van der Waals surface area (Å²) in [6.07, 6.45) is 4.03. The lowest BCUT2D eigenvalue weighted by Gasteiger charge is -2.25. The van der Waals surface area contributed by atoms with Crippen molar-refractivity contribution in [3.8, 4) is 5.75 Å². The van der Waals surface area contributed by atoms with E-state index in [0.29, 0.717) is 6.10 Å². The number of nitrogens with one attached hydrogen (secondary N) is 1. The summed E-state index contributed by atoms with van der Waals surface area (Å²) < 4.78 is 11.2. The molecule has 2 unspecified atom stereocenters. The average Bonchev–Trinajstić information content (AvgIpc) is 2.46. The lowest BCUT2D eigenvalue weighted by molar-refractivity contribution is 0.0156. The summed E-state index contributed by atoms with van der Waals surface area (Å²) in [5.74, 6) is 0.954. The van der Waals surface area contributed by atoms with Crippen LogP contribution in [0.25, 0.3) is 0 Å². The third-order valence-corrected chi connectivity index (χ3v) is 3.78. The molecule has 0 saturated carbocycles. The van der Waals surface area contributed by atoms with Gasteiger partial charge in [0.2, 0.25) is 0 Å². The number of hydrogen-bond donors (Lipinski definition) is 1. The Balaban J connectivity index is 1.94. The van der Waals surface area contributed by atoms with Gasteiger partial charge in [-0.25, -0.2) is 0 Å². The molecular weight excluding hydrogens is 238 g/mol. The van der Waals surface area contributed by atoms with Crippen molar-refractivity contribution in [1.29, 1.82) is 0 Å². The van der Waals surface area contributed by atoms with E-state index in [1.54, 1.807) is 7.11 Å². The molecule has 1 N–H and O–H groups in total. The maximum Gasteiger partial charge on any atom is 0.123 e. The van der Waals surface area contributed by atoms with Crippen LogP contribution in [0.15, 0.2) is 18.2 Å². The second-order valence-electron chi connectivity index (χ2n) is 5.36. The molecule has 0 spiro atoms. The number of ether oxygens (including phenoxy) is 2. The highest BCUT2D eigenvalue weighted by Gasteiger charge is 2.16. The SMILES string of the molecule is COc1ccc(C)cc1C(C)NCC1CCCCO1. The zero-order chi connectivity index (χ0) is 13.7. The molecule has 1 fully saturated rings. The third-order valence-electron chi connectivity index (χ3n) is 3.78. The van der Waals surface area contributed by atoms with Gasteiger partial charge >= 0.3 is 0 Å². The number of rotatable bonds is 5. The molecule has 0 radical (unpaired) electrons. The Labute approximate surface area is 116 Å². The molecule has 3 nitrogen and oxygen atoms in total. The first-order valence-corrected chi connectivity index (χ1v) is 7.20. The molecule has 0 amide bonds. The van der Waals surface area contributed by atoms with Crippen molar-refractivity contribution in [2.45, 2.75) is 45.3 Å². The minimum absolute atomic E-state index is 0.278. The molecule has 106 valence electrons. The van der Waals surface area contributed by atoms with Gasteiger partial charge in [0.15, 0.2) is 0 Å². The molecule has 0 aliphatic carbocycles. The van der Waals surface area contributed by atoms with E-state index in [9.17, 15) is 0 Å². The maximum atomic E-state index is 5.75. The third kappa shape index (κ3) is 3.95. The van der Waals surface area contributed by atoms with Crippen molar-refractivity contribution >= 4 is 0 Å². The summed E-state index contributed by atoms with van der Waals surface area (Å²) in [7, 11) is 1.73. The van der Waals surface area contributed by atoms with Gasteiger partial charge in [0, 0.05) is 24.8 Å². The molecule has 2 atom stereocenters. The van der Waals surface area contributed by atoms with E-state index < -0.39 is 0 Å². The first-order valence-electron chi connectivity index (χ1n) is 7.20. The van der Waals surface area contributed by atoms with Gasteiger partial charge in [-0.05, 0) is 39.2 Å². The fourth-order valence-electron chi connectivity index (χ4n) is 2.58. The lowest BCUT2D eigenvalue weighted by atomic mass is 10.0. The van der Waals surface area contributed by atoms with Crippen LogP contribution in [-0.4, -0.2) is 26.4 Å². The monoisotopic (exact) mass is 263 g/mol. The van der Waals surface area contributed by atoms with Crippen LogP contribution in [-0.2, 0) is 4.74 Å².